The first-order valence-electron chi connectivity index (χ1n) is 18.4. The number of carbonyl (C=O) groups is 1. The van der Waals surface area contributed by atoms with Crippen molar-refractivity contribution in [2.24, 2.45) is 46.3 Å². The van der Waals surface area contributed by atoms with Crippen molar-refractivity contribution in [2.75, 3.05) is 11.5 Å². The molecule has 3 aromatic rings. The van der Waals surface area contributed by atoms with E-state index in [1.54, 1.807) is 0 Å². The molecule has 3 unspecified atom stereocenters. The zero-order valence-electron chi connectivity index (χ0n) is 29.0. The van der Waals surface area contributed by atoms with Gasteiger partial charge in [0.2, 0.25) is 0 Å². The number of hydrogen-bond acceptors (Lipinski definition) is 6. The minimum atomic E-state index is -0.124. The zero-order valence-corrected chi connectivity index (χ0v) is 29.0. The molecule has 256 valence electrons. The first-order valence-corrected chi connectivity index (χ1v) is 18.4. The van der Waals surface area contributed by atoms with Crippen LogP contribution in [0.3, 0.4) is 0 Å². The summed E-state index contributed by atoms with van der Waals surface area (Å²) in [5, 5.41) is 0. The monoisotopic (exact) mass is 650 g/mol. The molecule has 48 heavy (non-hydrogen) atoms. The molecule has 0 heterocycles. The van der Waals surface area contributed by atoms with E-state index in [-0.39, 0.29) is 29.0 Å². The summed E-state index contributed by atoms with van der Waals surface area (Å²) in [7, 11) is 0. The van der Waals surface area contributed by atoms with Crippen LogP contribution in [-0.4, -0.2) is 18.2 Å². The maximum Gasteiger partial charge on any atom is 0.311 e. The highest BCUT2D eigenvalue weighted by atomic mass is 16.5. The summed E-state index contributed by atoms with van der Waals surface area (Å²) in [5.41, 5.74) is 14.0. The van der Waals surface area contributed by atoms with E-state index in [9.17, 15) is 4.79 Å². The van der Waals surface area contributed by atoms with E-state index in [4.69, 9.17) is 25.7 Å². The Labute approximate surface area is 286 Å². The molecule has 0 saturated heterocycles. The number of anilines is 2. The van der Waals surface area contributed by atoms with Gasteiger partial charge < -0.3 is 25.7 Å². The van der Waals surface area contributed by atoms with E-state index in [1.807, 2.05) is 78.9 Å². The predicted molar refractivity (Wildman–Crippen MR) is 192 cm³/mol. The Balaban J connectivity index is 1.08. The number of rotatable bonds is 9. The van der Waals surface area contributed by atoms with Gasteiger partial charge >= 0.3 is 5.97 Å². The molecule has 0 aromatic heterocycles. The van der Waals surface area contributed by atoms with Crippen LogP contribution in [0, 0.1) is 46.3 Å². The lowest BCUT2D eigenvalue weighted by molar-refractivity contribution is -0.164. The normalized spacial score (nSPS) is 34.6. The van der Waals surface area contributed by atoms with Gasteiger partial charge in [-0.05, 0) is 159 Å². The average Bonchev–Trinajstić information content (AvgIpc) is 3.44. The number of nitrogen functional groups attached to an aromatic ring is 2. The molecule has 0 amide bonds. The predicted octanol–water partition coefficient (Wildman–Crippen LogP) is 9.34. The lowest BCUT2D eigenvalue weighted by Gasteiger charge is -2.63. The Morgan fingerprint density at radius 2 is 1.35 bits per heavy atom. The number of nitrogens with two attached hydrogens (primary N) is 2. The second kappa shape index (κ2) is 13.3. The molecule has 0 spiro atoms. The Bertz CT molecular complexity index is 1540. The van der Waals surface area contributed by atoms with Gasteiger partial charge in [0, 0.05) is 23.7 Å². The Hall–Kier alpha value is -3.67. The number of esters is 1. The van der Waals surface area contributed by atoms with Gasteiger partial charge in [-0.1, -0.05) is 39.0 Å². The quantitative estimate of drug-likeness (QED) is 0.136. The third-order valence-corrected chi connectivity index (χ3v) is 13.5. The van der Waals surface area contributed by atoms with E-state index < -0.39 is 0 Å². The molecular weight excluding hydrogens is 596 g/mol. The van der Waals surface area contributed by atoms with Crippen molar-refractivity contribution >= 4 is 17.3 Å². The molecule has 0 bridgehead atoms. The van der Waals surface area contributed by atoms with Gasteiger partial charge in [0.15, 0.2) is 0 Å². The molecule has 7 rings (SSSR count). The Morgan fingerprint density at radius 3 is 2.04 bits per heavy atom. The van der Waals surface area contributed by atoms with Crippen molar-refractivity contribution < 1.29 is 19.0 Å². The third-order valence-electron chi connectivity index (χ3n) is 13.5. The molecule has 4 aliphatic rings. The van der Waals surface area contributed by atoms with Gasteiger partial charge in [0.05, 0.1) is 6.10 Å². The van der Waals surface area contributed by atoms with E-state index in [0.29, 0.717) is 47.7 Å². The van der Waals surface area contributed by atoms with Gasteiger partial charge in [0.1, 0.15) is 23.4 Å². The second-order valence-corrected chi connectivity index (χ2v) is 16.1. The van der Waals surface area contributed by atoms with Crippen molar-refractivity contribution in [2.45, 2.75) is 97.2 Å². The summed E-state index contributed by atoms with van der Waals surface area (Å²) < 4.78 is 19.2. The number of ether oxygens (including phenoxy) is 3. The zero-order chi connectivity index (χ0) is 33.5. The average molecular weight is 651 g/mol. The molecule has 6 heteroatoms. The van der Waals surface area contributed by atoms with Crippen LogP contribution in [0.25, 0.3) is 0 Å². The minimum absolute atomic E-state index is 0.124. The summed E-state index contributed by atoms with van der Waals surface area (Å²) in [6.07, 6.45) is 11.0. The number of benzene rings is 3. The molecule has 4 N–H and O–H groups in total. The van der Waals surface area contributed by atoms with Crippen LogP contribution in [0.15, 0.2) is 78.9 Å². The van der Waals surface area contributed by atoms with Crippen LogP contribution in [0.2, 0.25) is 0 Å². The molecule has 6 nitrogen and oxygen atoms in total. The fraction of sp³-hybridized carbons (Fsp3) is 0.548. The van der Waals surface area contributed by atoms with Crippen molar-refractivity contribution in [3.63, 3.8) is 0 Å². The van der Waals surface area contributed by atoms with Crippen LogP contribution >= 0.6 is 0 Å². The van der Waals surface area contributed by atoms with E-state index in [0.717, 1.165) is 55.0 Å². The summed E-state index contributed by atoms with van der Waals surface area (Å²) in [6.45, 7) is 7.56. The van der Waals surface area contributed by atoms with Gasteiger partial charge in [0.25, 0.3) is 0 Å². The molecule has 4 aliphatic carbocycles. The molecule has 10 atom stereocenters. The largest absolute Gasteiger partial charge is 0.490 e. The fourth-order valence-corrected chi connectivity index (χ4v) is 11.1. The van der Waals surface area contributed by atoms with Crippen molar-refractivity contribution in [1.29, 1.82) is 0 Å². The molecule has 0 aliphatic heterocycles. The van der Waals surface area contributed by atoms with Gasteiger partial charge in [-0.3, -0.25) is 4.79 Å². The minimum Gasteiger partial charge on any atom is -0.490 e. The molecular formula is C42H54N2O4. The highest BCUT2D eigenvalue weighted by Crippen LogP contribution is 2.68. The van der Waals surface area contributed by atoms with Crippen LogP contribution in [0.5, 0.6) is 17.2 Å². The second-order valence-electron chi connectivity index (χ2n) is 16.1. The summed E-state index contributed by atoms with van der Waals surface area (Å²) in [4.78, 5) is 12.7. The van der Waals surface area contributed by atoms with Gasteiger partial charge in [-0.25, -0.2) is 0 Å². The van der Waals surface area contributed by atoms with Gasteiger partial charge in [-0.15, -0.1) is 0 Å². The van der Waals surface area contributed by atoms with Crippen molar-refractivity contribution in [1.82, 2.24) is 0 Å². The van der Waals surface area contributed by atoms with Crippen LogP contribution < -0.4 is 25.7 Å². The molecule has 4 saturated carbocycles. The smallest absolute Gasteiger partial charge is 0.311 e. The first kappa shape index (κ1) is 32.9. The summed E-state index contributed by atoms with van der Waals surface area (Å²) >= 11 is 0. The first-order chi connectivity index (χ1) is 23.1. The summed E-state index contributed by atoms with van der Waals surface area (Å²) in [5.74, 6) is 5.85. The fourth-order valence-electron chi connectivity index (χ4n) is 11.1. The number of para-hydroxylation sites is 1. The maximum atomic E-state index is 12.7. The van der Waals surface area contributed by atoms with Crippen LogP contribution in [0.1, 0.15) is 85.0 Å². The Morgan fingerprint density at radius 1 is 0.729 bits per heavy atom. The molecule has 3 aromatic carbocycles. The number of fused-ring (bicyclic) bond motifs is 5. The van der Waals surface area contributed by atoms with E-state index in [2.05, 4.69) is 20.8 Å². The highest BCUT2D eigenvalue weighted by molar-refractivity contribution is 5.72. The lowest BCUT2D eigenvalue weighted by Crippen LogP contribution is -2.59. The standard InChI is InChI=1S/C42H54N2O4/c1-27(9-20-40(45)48-30-7-5-4-6-8-30)35-18-19-36-34-26-39(47-32-16-12-29(44)13-17-32)38-25-33(46-31-14-10-28(43)11-15-31)21-23-42(38,3)37(34)22-24-41(35,36)2/h4-8,10-17,27,33-39H,9,18-26,43-44H2,1-3H3/t27-,33?,34+,35-,36+,37+,38?,39?,41-,42-/m1/s1. The number of carbonyl (C=O) groups excluding carboxylic acids is 1. The topological polar surface area (TPSA) is 96.8 Å². The van der Waals surface area contributed by atoms with Gasteiger partial charge in [-0.2, -0.15) is 0 Å². The van der Waals surface area contributed by atoms with Crippen molar-refractivity contribution in [3.05, 3.63) is 78.9 Å². The van der Waals surface area contributed by atoms with Crippen LogP contribution in [-0.2, 0) is 4.79 Å². The number of hydrogen-bond donors (Lipinski definition) is 2. The SMILES string of the molecule is C[C@H](CCC(=O)Oc1ccccc1)[C@H]1CC[C@H]2[C@@H]3CC(Oc4ccc(N)cc4)C4CC(Oc5ccc(N)cc5)CC[C@]4(C)[C@H]3CC[C@]12C. The maximum absolute atomic E-state index is 12.7. The highest BCUT2D eigenvalue weighted by Gasteiger charge is 2.63. The van der Waals surface area contributed by atoms with Crippen molar-refractivity contribution in [3.8, 4) is 17.2 Å². The summed E-state index contributed by atoms with van der Waals surface area (Å²) in [6, 6.07) is 25.2. The lowest BCUT2D eigenvalue weighted by atomic mass is 9.43. The van der Waals surface area contributed by atoms with Crippen LogP contribution in [0.4, 0.5) is 11.4 Å². The molecule has 0 radical (unpaired) electrons. The van der Waals surface area contributed by atoms with E-state index >= 15 is 0 Å². The third kappa shape index (κ3) is 6.40. The molecule has 4 fully saturated rings. The van der Waals surface area contributed by atoms with E-state index in [1.165, 1.54) is 25.7 Å². The Kier molecular flexibility index (Phi) is 9.12.